The molecule has 1 aliphatic heterocycles. The van der Waals surface area contributed by atoms with Gasteiger partial charge in [0.05, 0.1) is 12.2 Å². The fourth-order valence-corrected chi connectivity index (χ4v) is 2.57. The molecule has 1 atom stereocenters. The smallest absolute Gasteiger partial charge is 0.415 e. The number of hydrogen-bond acceptors (Lipinski definition) is 3. The van der Waals surface area contributed by atoms with Gasteiger partial charge in [0.1, 0.15) is 5.60 Å². The van der Waals surface area contributed by atoms with Crippen LogP contribution in [0.15, 0.2) is 12.1 Å². The Morgan fingerprint density at radius 1 is 1.33 bits per heavy atom. The molecular weight excluding hydrogens is 228 g/mol. The first-order valence-corrected chi connectivity index (χ1v) is 6.15. The number of anilines is 1. The third-order valence-electron chi connectivity index (χ3n) is 3.38. The molecule has 1 heterocycles. The average molecular weight is 248 g/mol. The van der Waals surface area contributed by atoms with E-state index in [2.05, 4.69) is 19.1 Å². The first-order valence-electron chi connectivity index (χ1n) is 6.15. The lowest BCUT2D eigenvalue weighted by Crippen LogP contribution is -2.39. The molecule has 98 valence electrons. The van der Waals surface area contributed by atoms with E-state index in [0.717, 1.165) is 16.8 Å². The minimum Gasteiger partial charge on any atom is -0.440 e. The summed E-state index contributed by atoms with van der Waals surface area (Å²) < 4.78 is 5.37. The third kappa shape index (κ3) is 2.08. The van der Waals surface area contributed by atoms with Crippen LogP contribution in [-0.2, 0) is 4.74 Å². The molecule has 0 aromatic heterocycles. The Labute approximate surface area is 108 Å². The summed E-state index contributed by atoms with van der Waals surface area (Å²) in [4.78, 5) is 13.7. The van der Waals surface area contributed by atoms with E-state index in [4.69, 9.17) is 10.5 Å². The molecule has 2 N–H and O–H groups in total. The van der Waals surface area contributed by atoms with Gasteiger partial charge in [0, 0.05) is 6.54 Å². The van der Waals surface area contributed by atoms with Crippen LogP contribution in [0.25, 0.3) is 0 Å². The second kappa shape index (κ2) is 4.28. The molecule has 1 saturated heterocycles. The highest BCUT2D eigenvalue weighted by atomic mass is 16.6. The number of amides is 1. The number of aryl methyl sites for hydroxylation is 3. The monoisotopic (exact) mass is 248 g/mol. The molecule has 1 aliphatic rings. The van der Waals surface area contributed by atoms with Crippen molar-refractivity contribution in [1.29, 1.82) is 0 Å². The van der Waals surface area contributed by atoms with Crippen molar-refractivity contribution in [3.8, 4) is 0 Å². The summed E-state index contributed by atoms with van der Waals surface area (Å²) >= 11 is 0. The van der Waals surface area contributed by atoms with Crippen molar-refractivity contribution in [2.75, 3.05) is 18.0 Å². The van der Waals surface area contributed by atoms with Crippen molar-refractivity contribution in [3.63, 3.8) is 0 Å². The van der Waals surface area contributed by atoms with E-state index < -0.39 is 5.60 Å². The van der Waals surface area contributed by atoms with E-state index in [0.29, 0.717) is 13.1 Å². The zero-order valence-corrected chi connectivity index (χ0v) is 11.4. The van der Waals surface area contributed by atoms with Gasteiger partial charge in [-0.1, -0.05) is 17.7 Å². The van der Waals surface area contributed by atoms with E-state index in [1.807, 2.05) is 20.8 Å². The number of nitrogens with two attached hydrogens (primary N) is 1. The maximum absolute atomic E-state index is 12.0. The SMILES string of the molecule is Cc1cc(C)c(N2CC(C)(CN)OC2=O)c(C)c1. The van der Waals surface area contributed by atoms with Crippen molar-refractivity contribution >= 4 is 11.8 Å². The van der Waals surface area contributed by atoms with Gasteiger partial charge < -0.3 is 10.5 Å². The molecule has 1 aromatic carbocycles. The number of benzene rings is 1. The number of rotatable bonds is 2. The van der Waals surface area contributed by atoms with Crippen LogP contribution in [0.3, 0.4) is 0 Å². The zero-order chi connectivity index (χ0) is 13.5. The van der Waals surface area contributed by atoms with Gasteiger partial charge in [-0.05, 0) is 38.8 Å². The predicted octanol–water partition coefficient (Wildman–Crippen LogP) is 2.29. The Morgan fingerprint density at radius 2 is 1.89 bits per heavy atom. The summed E-state index contributed by atoms with van der Waals surface area (Å²) in [5.41, 5.74) is 9.41. The zero-order valence-electron chi connectivity index (χ0n) is 11.4. The quantitative estimate of drug-likeness (QED) is 0.873. The second-order valence-corrected chi connectivity index (χ2v) is 5.36. The Bertz CT molecular complexity index is 476. The van der Waals surface area contributed by atoms with Gasteiger partial charge >= 0.3 is 6.09 Å². The molecule has 0 aliphatic carbocycles. The van der Waals surface area contributed by atoms with Gasteiger partial charge in [-0.2, -0.15) is 0 Å². The summed E-state index contributed by atoms with van der Waals surface area (Å²) in [7, 11) is 0. The molecule has 1 aromatic rings. The van der Waals surface area contributed by atoms with E-state index in [-0.39, 0.29) is 6.09 Å². The van der Waals surface area contributed by atoms with Crippen LogP contribution in [0, 0.1) is 20.8 Å². The highest BCUT2D eigenvalue weighted by molar-refractivity contribution is 5.92. The lowest BCUT2D eigenvalue weighted by Gasteiger charge is -2.21. The van der Waals surface area contributed by atoms with Gasteiger partial charge in [-0.15, -0.1) is 0 Å². The number of carbonyl (C=O) groups excluding carboxylic acids is 1. The Kier molecular flexibility index (Phi) is 3.07. The van der Waals surface area contributed by atoms with Crippen LogP contribution >= 0.6 is 0 Å². The summed E-state index contributed by atoms with van der Waals surface area (Å²) in [5, 5.41) is 0. The predicted molar refractivity (Wildman–Crippen MR) is 71.9 cm³/mol. The minimum absolute atomic E-state index is 0.307. The molecule has 1 unspecified atom stereocenters. The standard InChI is InChI=1S/C14H20N2O2/c1-9-5-10(2)12(11(3)6-9)16-8-14(4,7-15)18-13(16)17/h5-6H,7-8,15H2,1-4H3. The van der Waals surface area contributed by atoms with Gasteiger partial charge in [0.15, 0.2) is 0 Å². The molecule has 0 spiro atoms. The molecule has 2 rings (SSSR count). The molecule has 1 fully saturated rings. The first-order chi connectivity index (χ1) is 8.36. The third-order valence-corrected chi connectivity index (χ3v) is 3.38. The number of ether oxygens (including phenoxy) is 1. The summed E-state index contributed by atoms with van der Waals surface area (Å²) in [6.07, 6.45) is -0.307. The van der Waals surface area contributed by atoms with Crippen molar-refractivity contribution in [3.05, 3.63) is 28.8 Å². The maximum Gasteiger partial charge on any atom is 0.415 e. The van der Waals surface area contributed by atoms with Crippen LogP contribution in [0.4, 0.5) is 10.5 Å². The highest BCUT2D eigenvalue weighted by Crippen LogP contribution is 2.32. The van der Waals surface area contributed by atoms with Crippen molar-refractivity contribution in [2.45, 2.75) is 33.3 Å². The van der Waals surface area contributed by atoms with Crippen LogP contribution in [0.1, 0.15) is 23.6 Å². The molecule has 0 saturated carbocycles. The summed E-state index contributed by atoms with van der Waals surface area (Å²) in [6, 6.07) is 4.15. The van der Waals surface area contributed by atoms with E-state index in [1.54, 1.807) is 4.90 Å². The largest absolute Gasteiger partial charge is 0.440 e. The fourth-order valence-electron chi connectivity index (χ4n) is 2.57. The van der Waals surface area contributed by atoms with Crippen LogP contribution in [-0.4, -0.2) is 24.8 Å². The Hall–Kier alpha value is -1.55. The van der Waals surface area contributed by atoms with Gasteiger partial charge in [-0.25, -0.2) is 4.79 Å². The lowest BCUT2D eigenvalue weighted by molar-refractivity contribution is 0.0789. The van der Waals surface area contributed by atoms with E-state index in [9.17, 15) is 4.79 Å². The average Bonchev–Trinajstić information content (AvgIpc) is 2.54. The van der Waals surface area contributed by atoms with Crippen LogP contribution in [0.2, 0.25) is 0 Å². The fraction of sp³-hybridized carbons (Fsp3) is 0.500. The van der Waals surface area contributed by atoms with Crippen molar-refractivity contribution in [1.82, 2.24) is 0 Å². The minimum atomic E-state index is -0.582. The molecule has 0 bridgehead atoms. The molecular formula is C14H20N2O2. The molecule has 0 radical (unpaired) electrons. The van der Waals surface area contributed by atoms with Crippen molar-refractivity contribution < 1.29 is 9.53 Å². The highest BCUT2D eigenvalue weighted by Gasteiger charge is 2.41. The molecule has 1 amide bonds. The maximum atomic E-state index is 12.0. The summed E-state index contributed by atoms with van der Waals surface area (Å²) in [5.74, 6) is 0. The van der Waals surface area contributed by atoms with Gasteiger partial charge in [0.25, 0.3) is 0 Å². The Morgan fingerprint density at radius 3 is 2.33 bits per heavy atom. The lowest BCUT2D eigenvalue weighted by atomic mass is 10.0. The molecule has 4 heteroatoms. The topological polar surface area (TPSA) is 55.6 Å². The first kappa shape index (κ1) is 12.9. The summed E-state index contributed by atoms with van der Waals surface area (Å²) in [6.45, 7) is 8.79. The normalized spacial score (nSPS) is 23.4. The van der Waals surface area contributed by atoms with Crippen molar-refractivity contribution in [2.24, 2.45) is 5.73 Å². The van der Waals surface area contributed by atoms with Crippen LogP contribution < -0.4 is 10.6 Å². The number of hydrogen-bond donors (Lipinski definition) is 1. The van der Waals surface area contributed by atoms with Crippen LogP contribution in [0.5, 0.6) is 0 Å². The molecule has 18 heavy (non-hydrogen) atoms. The Balaban J connectivity index is 2.42. The number of nitrogens with zero attached hydrogens (tertiary/aromatic N) is 1. The van der Waals surface area contributed by atoms with Gasteiger partial charge in [0.2, 0.25) is 0 Å². The second-order valence-electron chi connectivity index (χ2n) is 5.36. The van der Waals surface area contributed by atoms with E-state index >= 15 is 0 Å². The van der Waals surface area contributed by atoms with E-state index in [1.165, 1.54) is 5.56 Å². The van der Waals surface area contributed by atoms with Gasteiger partial charge in [-0.3, -0.25) is 4.90 Å². The molecule has 4 nitrogen and oxygen atoms in total. The number of cyclic esters (lactones) is 1. The number of carbonyl (C=O) groups is 1.